The molecule has 4 nitrogen and oxygen atoms in total. The third-order valence-electron chi connectivity index (χ3n) is 3.67. The van der Waals surface area contributed by atoms with Crippen LogP contribution in [-0.4, -0.2) is 42.2 Å². The number of aliphatic hydroxyl groups is 1. The van der Waals surface area contributed by atoms with Gasteiger partial charge in [-0.05, 0) is 49.9 Å². The van der Waals surface area contributed by atoms with Crippen LogP contribution in [0.2, 0.25) is 5.02 Å². The number of benzene rings is 1. The largest absolute Gasteiger partial charge is 0.396 e. The van der Waals surface area contributed by atoms with Crippen molar-refractivity contribution in [2.75, 3.05) is 31.6 Å². The van der Waals surface area contributed by atoms with Gasteiger partial charge >= 0.3 is 0 Å². The molecule has 1 aliphatic rings. The minimum atomic E-state index is -0.0413. The molecule has 0 aromatic heterocycles. The highest BCUT2D eigenvalue weighted by atomic mass is 35.5. The fourth-order valence-corrected chi connectivity index (χ4v) is 2.87. The number of hydrogen-bond acceptors (Lipinski definition) is 3. The summed E-state index contributed by atoms with van der Waals surface area (Å²) in [4.78, 5) is 14.1. The van der Waals surface area contributed by atoms with E-state index in [1.807, 2.05) is 25.1 Å². The predicted octanol–water partition coefficient (Wildman–Crippen LogP) is 2.29. The second kappa shape index (κ2) is 7.07. The molecule has 1 amide bonds. The molecular formula is C15H21ClN2O2. The molecule has 0 bridgehead atoms. The molecule has 2 N–H and O–H groups in total. The maximum Gasteiger partial charge on any atom is 0.238 e. The summed E-state index contributed by atoms with van der Waals surface area (Å²) in [6.07, 6.45) is 1.88. The maximum absolute atomic E-state index is 12.0. The second-order valence-electron chi connectivity index (χ2n) is 5.43. The molecule has 5 heteroatoms. The Labute approximate surface area is 124 Å². The fraction of sp³-hybridized carbons (Fsp3) is 0.533. The van der Waals surface area contributed by atoms with Gasteiger partial charge in [0.1, 0.15) is 0 Å². The van der Waals surface area contributed by atoms with Gasteiger partial charge in [-0.1, -0.05) is 17.7 Å². The Morgan fingerprint density at radius 3 is 3.05 bits per heavy atom. The number of nitrogens with one attached hydrogen (secondary N) is 1. The Hall–Kier alpha value is -1.10. The maximum atomic E-state index is 12.0. The summed E-state index contributed by atoms with van der Waals surface area (Å²) in [5, 5.41) is 12.3. The topological polar surface area (TPSA) is 52.6 Å². The number of carbonyl (C=O) groups excluding carboxylic acids is 1. The van der Waals surface area contributed by atoms with Crippen LogP contribution in [-0.2, 0) is 4.79 Å². The second-order valence-corrected chi connectivity index (χ2v) is 5.84. The molecular weight excluding hydrogens is 276 g/mol. The van der Waals surface area contributed by atoms with Crippen molar-refractivity contribution in [2.24, 2.45) is 5.92 Å². The number of carbonyl (C=O) groups is 1. The molecule has 20 heavy (non-hydrogen) atoms. The van der Waals surface area contributed by atoms with Crippen LogP contribution in [0.1, 0.15) is 18.4 Å². The van der Waals surface area contributed by atoms with E-state index in [0.29, 0.717) is 23.2 Å². The van der Waals surface area contributed by atoms with E-state index in [1.54, 1.807) is 0 Å². The lowest BCUT2D eigenvalue weighted by Gasteiger charge is -2.16. The standard InChI is InChI=1S/C15H21ClN2O2/c1-11-2-3-14(13(16)8-11)17-15(20)10-18-6-4-12(9-18)5-7-19/h2-3,8,12,19H,4-7,9-10H2,1H3,(H,17,20). The Kier molecular flexibility index (Phi) is 5.40. The van der Waals surface area contributed by atoms with Crippen LogP contribution in [0.15, 0.2) is 18.2 Å². The van der Waals surface area contributed by atoms with Crippen molar-refractivity contribution in [1.29, 1.82) is 0 Å². The third kappa shape index (κ3) is 4.20. The van der Waals surface area contributed by atoms with Crippen LogP contribution < -0.4 is 5.32 Å². The molecule has 0 saturated carbocycles. The zero-order valence-electron chi connectivity index (χ0n) is 11.7. The number of nitrogens with zero attached hydrogens (tertiary/aromatic N) is 1. The van der Waals surface area contributed by atoms with Crippen LogP contribution in [0.25, 0.3) is 0 Å². The number of anilines is 1. The van der Waals surface area contributed by atoms with E-state index in [1.165, 1.54) is 0 Å². The number of halogens is 1. The molecule has 1 saturated heterocycles. The highest BCUT2D eigenvalue weighted by Gasteiger charge is 2.23. The molecule has 110 valence electrons. The SMILES string of the molecule is Cc1ccc(NC(=O)CN2CCC(CCO)C2)c(Cl)c1. The van der Waals surface area contributed by atoms with Gasteiger partial charge in [-0.15, -0.1) is 0 Å². The van der Waals surface area contributed by atoms with Crippen LogP contribution in [0, 0.1) is 12.8 Å². The van der Waals surface area contributed by atoms with Crippen molar-refractivity contribution in [3.05, 3.63) is 28.8 Å². The molecule has 1 atom stereocenters. The van der Waals surface area contributed by atoms with Gasteiger partial charge in [0.25, 0.3) is 0 Å². The summed E-state index contributed by atoms with van der Waals surface area (Å²) in [5.41, 5.74) is 1.73. The van der Waals surface area contributed by atoms with Gasteiger partial charge in [-0.3, -0.25) is 9.69 Å². The first kappa shape index (κ1) is 15.3. The quantitative estimate of drug-likeness (QED) is 0.876. The number of aliphatic hydroxyl groups excluding tert-OH is 1. The Morgan fingerprint density at radius 2 is 2.35 bits per heavy atom. The molecule has 0 radical (unpaired) electrons. The van der Waals surface area contributed by atoms with E-state index >= 15 is 0 Å². The van der Waals surface area contributed by atoms with Crippen molar-refractivity contribution >= 4 is 23.2 Å². The Bertz CT molecular complexity index is 479. The third-order valence-corrected chi connectivity index (χ3v) is 3.99. The molecule has 1 heterocycles. The molecule has 2 rings (SSSR count). The molecule has 1 aromatic carbocycles. The lowest BCUT2D eigenvalue weighted by atomic mass is 10.1. The molecule has 1 aromatic rings. The van der Waals surface area contributed by atoms with Gasteiger partial charge < -0.3 is 10.4 Å². The Morgan fingerprint density at radius 1 is 1.55 bits per heavy atom. The van der Waals surface area contributed by atoms with E-state index in [0.717, 1.165) is 31.5 Å². The first-order valence-electron chi connectivity index (χ1n) is 6.97. The fourth-order valence-electron chi connectivity index (χ4n) is 2.59. The zero-order chi connectivity index (χ0) is 14.5. The van der Waals surface area contributed by atoms with Crippen molar-refractivity contribution in [3.8, 4) is 0 Å². The Balaban J connectivity index is 1.84. The molecule has 0 spiro atoms. The van der Waals surface area contributed by atoms with Crippen LogP contribution in [0.5, 0.6) is 0 Å². The van der Waals surface area contributed by atoms with Gasteiger partial charge in [0.05, 0.1) is 17.3 Å². The molecule has 1 fully saturated rings. The zero-order valence-corrected chi connectivity index (χ0v) is 12.5. The van der Waals surface area contributed by atoms with Gasteiger partial charge in [-0.25, -0.2) is 0 Å². The summed E-state index contributed by atoms with van der Waals surface area (Å²) in [5.74, 6) is 0.469. The lowest BCUT2D eigenvalue weighted by molar-refractivity contribution is -0.117. The van der Waals surface area contributed by atoms with Crippen LogP contribution in [0.4, 0.5) is 5.69 Å². The minimum Gasteiger partial charge on any atom is -0.396 e. The van der Waals surface area contributed by atoms with Gasteiger partial charge in [0, 0.05) is 13.2 Å². The first-order valence-corrected chi connectivity index (χ1v) is 7.35. The average Bonchev–Trinajstić information content (AvgIpc) is 2.81. The normalized spacial score (nSPS) is 19.2. The summed E-state index contributed by atoms with van der Waals surface area (Å²) in [6, 6.07) is 5.59. The summed E-state index contributed by atoms with van der Waals surface area (Å²) in [7, 11) is 0. The van der Waals surface area contributed by atoms with E-state index < -0.39 is 0 Å². The van der Waals surface area contributed by atoms with Gasteiger partial charge in [0.2, 0.25) is 5.91 Å². The smallest absolute Gasteiger partial charge is 0.238 e. The lowest BCUT2D eigenvalue weighted by Crippen LogP contribution is -2.31. The number of likely N-dealkylation sites (tertiary alicyclic amines) is 1. The van der Waals surface area contributed by atoms with Crippen molar-refractivity contribution in [3.63, 3.8) is 0 Å². The van der Waals surface area contributed by atoms with E-state index in [4.69, 9.17) is 16.7 Å². The highest BCUT2D eigenvalue weighted by Crippen LogP contribution is 2.23. The number of rotatable bonds is 5. The number of hydrogen-bond donors (Lipinski definition) is 2. The monoisotopic (exact) mass is 296 g/mol. The minimum absolute atomic E-state index is 0.0413. The molecule has 1 aliphatic heterocycles. The van der Waals surface area contributed by atoms with Crippen LogP contribution in [0.3, 0.4) is 0 Å². The average molecular weight is 297 g/mol. The number of aryl methyl sites for hydroxylation is 1. The predicted molar refractivity (Wildman–Crippen MR) is 81.1 cm³/mol. The van der Waals surface area contributed by atoms with Gasteiger partial charge in [0.15, 0.2) is 0 Å². The van der Waals surface area contributed by atoms with Crippen molar-refractivity contribution in [1.82, 2.24) is 4.90 Å². The summed E-state index contributed by atoms with van der Waals surface area (Å²) in [6.45, 7) is 4.37. The highest BCUT2D eigenvalue weighted by molar-refractivity contribution is 6.33. The van der Waals surface area contributed by atoms with E-state index in [2.05, 4.69) is 10.2 Å². The van der Waals surface area contributed by atoms with E-state index in [9.17, 15) is 4.79 Å². The summed E-state index contributed by atoms with van der Waals surface area (Å²) < 4.78 is 0. The van der Waals surface area contributed by atoms with Crippen LogP contribution >= 0.6 is 11.6 Å². The van der Waals surface area contributed by atoms with Gasteiger partial charge in [-0.2, -0.15) is 0 Å². The molecule has 0 aliphatic carbocycles. The van der Waals surface area contributed by atoms with E-state index in [-0.39, 0.29) is 12.5 Å². The first-order chi connectivity index (χ1) is 9.58. The van der Waals surface area contributed by atoms with Crippen molar-refractivity contribution < 1.29 is 9.90 Å². The van der Waals surface area contributed by atoms with Crippen molar-refractivity contribution in [2.45, 2.75) is 19.8 Å². The summed E-state index contributed by atoms with van der Waals surface area (Å²) >= 11 is 6.10. The molecule has 1 unspecified atom stereocenters. The number of amides is 1.